The van der Waals surface area contributed by atoms with Crippen molar-refractivity contribution >= 4 is 22.7 Å². The summed E-state index contributed by atoms with van der Waals surface area (Å²) in [5.74, 6) is 0. The fourth-order valence-corrected chi connectivity index (χ4v) is 2.42. The van der Waals surface area contributed by atoms with Crippen LogP contribution in [0, 0.1) is 6.92 Å². The van der Waals surface area contributed by atoms with Crippen LogP contribution < -0.4 is 11.1 Å². The molecule has 0 amide bonds. The zero-order valence-electron chi connectivity index (χ0n) is 10.8. The first-order chi connectivity index (χ1) is 9.36. The van der Waals surface area contributed by atoms with Crippen molar-refractivity contribution < 1.29 is 13.2 Å². The lowest BCUT2D eigenvalue weighted by Crippen LogP contribution is -2.11. The predicted octanol–water partition coefficient (Wildman–Crippen LogP) is 3.71. The lowest BCUT2D eigenvalue weighted by molar-refractivity contribution is -0.136. The van der Waals surface area contributed by atoms with Crippen molar-refractivity contribution in [1.29, 1.82) is 0 Å². The van der Waals surface area contributed by atoms with E-state index in [0.717, 1.165) is 16.8 Å². The zero-order valence-corrected chi connectivity index (χ0v) is 11.6. The van der Waals surface area contributed by atoms with E-state index in [0.29, 0.717) is 18.7 Å². The molecule has 0 bridgehead atoms. The van der Waals surface area contributed by atoms with Crippen molar-refractivity contribution in [1.82, 2.24) is 4.98 Å². The van der Waals surface area contributed by atoms with Gasteiger partial charge in [-0.2, -0.15) is 13.2 Å². The van der Waals surface area contributed by atoms with Gasteiger partial charge in [-0.1, -0.05) is 0 Å². The minimum Gasteiger partial charge on any atom is -0.398 e. The Kier molecular flexibility index (Phi) is 4.17. The number of hydrogen-bond acceptors (Lipinski definition) is 4. The summed E-state index contributed by atoms with van der Waals surface area (Å²) in [4.78, 5) is 4.29. The Morgan fingerprint density at radius 2 is 2.10 bits per heavy atom. The van der Waals surface area contributed by atoms with Crippen LogP contribution in [0.2, 0.25) is 0 Å². The van der Waals surface area contributed by atoms with Gasteiger partial charge in [0.2, 0.25) is 0 Å². The number of hydrogen-bond donors (Lipinski definition) is 2. The van der Waals surface area contributed by atoms with E-state index in [4.69, 9.17) is 5.73 Å². The summed E-state index contributed by atoms with van der Waals surface area (Å²) >= 11 is 1.55. The Hall–Kier alpha value is -1.76. The Morgan fingerprint density at radius 3 is 2.70 bits per heavy atom. The van der Waals surface area contributed by atoms with Gasteiger partial charge in [0.1, 0.15) is 0 Å². The SMILES string of the molecule is Cc1nc(CCNc2ccc(N)c(C(F)(F)F)c2)cs1. The number of aromatic nitrogens is 1. The molecule has 108 valence electrons. The first-order valence-electron chi connectivity index (χ1n) is 5.98. The highest BCUT2D eigenvalue weighted by Gasteiger charge is 2.33. The summed E-state index contributed by atoms with van der Waals surface area (Å²) in [6.45, 7) is 2.43. The van der Waals surface area contributed by atoms with Gasteiger partial charge in [-0.05, 0) is 25.1 Å². The van der Waals surface area contributed by atoms with Gasteiger partial charge in [-0.15, -0.1) is 11.3 Å². The molecule has 0 aliphatic carbocycles. The van der Waals surface area contributed by atoms with Crippen LogP contribution in [0.4, 0.5) is 24.5 Å². The molecule has 0 spiro atoms. The maximum Gasteiger partial charge on any atom is 0.418 e. The molecule has 1 heterocycles. The van der Waals surface area contributed by atoms with Crippen LogP contribution in [0.25, 0.3) is 0 Å². The fraction of sp³-hybridized carbons (Fsp3) is 0.308. The van der Waals surface area contributed by atoms with Crippen molar-refractivity contribution in [2.45, 2.75) is 19.5 Å². The van der Waals surface area contributed by atoms with Crippen molar-refractivity contribution in [3.8, 4) is 0 Å². The molecule has 7 heteroatoms. The van der Waals surface area contributed by atoms with Gasteiger partial charge >= 0.3 is 6.18 Å². The lowest BCUT2D eigenvalue weighted by atomic mass is 10.1. The van der Waals surface area contributed by atoms with Gasteiger partial charge in [0, 0.05) is 29.7 Å². The molecule has 0 atom stereocenters. The van der Waals surface area contributed by atoms with E-state index in [1.165, 1.54) is 12.1 Å². The minimum atomic E-state index is -4.44. The second-order valence-corrected chi connectivity index (χ2v) is 5.40. The molecule has 0 aliphatic rings. The van der Waals surface area contributed by atoms with Crippen LogP contribution in [-0.2, 0) is 12.6 Å². The molecular formula is C13H14F3N3S. The van der Waals surface area contributed by atoms with Crippen molar-refractivity contribution in [2.24, 2.45) is 0 Å². The molecule has 1 aromatic carbocycles. The Balaban J connectivity index is 2.00. The molecule has 0 fully saturated rings. The monoisotopic (exact) mass is 301 g/mol. The number of rotatable bonds is 4. The molecule has 2 rings (SSSR count). The number of nitrogens with two attached hydrogens (primary N) is 1. The van der Waals surface area contributed by atoms with E-state index in [-0.39, 0.29) is 5.69 Å². The van der Waals surface area contributed by atoms with Crippen LogP contribution in [0.5, 0.6) is 0 Å². The van der Waals surface area contributed by atoms with Crippen LogP contribution in [0.3, 0.4) is 0 Å². The largest absolute Gasteiger partial charge is 0.418 e. The van der Waals surface area contributed by atoms with Crippen LogP contribution in [0.1, 0.15) is 16.3 Å². The van der Waals surface area contributed by atoms with E-state index in [1.54, 1.807) is 11.3 Å². The first-order valence-corrected chi connectivity index (χ1v) is 6.86. The molecule has 3 N–H and O–H groups in total. The van der Waals surface area contributed by atoms with Gasteiger partial charge in [0.25, 0.3) is 0 Å². The number of benzene rings is 1. The number of thiazole rings is 1. The summed E-state index contributed by atoms with van der Waals surface area (Å²) in [6, 6.07) is 3.83. The van der Waals surface area contributed by atoms with Gasteiger partial charge in [-0.3, -0.25) is 0 Å². The number of nitrogens with one attached hydrogen (secondary N) is 1. The van der Waals surface area contributed by atoms with Gasteiger partial charge in [-0.25, -0.2) is 4.98 Å². The van der Waals surface area contributed by atoms with Gasteiger partial charge in [0.15, 0.2) is 0 Å². The van der Waals surface area contributed by atoms with Crippen LogP contribution >= 0.6 is 11.3 Å². The van der Waals surface area contributed by atoms with Crippen molar-refractivity contribution in [3.05, 3.63) is 39.8 Å². The highest BCUT2D eigenvalue weighted by Crippen LogP contribution is 2.35. The normalized spacial score (nSPS) is 11.6. The number of aryl methyl sites for hydroxylation is 1. The molecule has 3 nitrogen and oxygen atoms in total. The predicted molar refractivity (Wildman–Crippen MR) is 74.9 cm³/mol. The smallest absolute Gasteiger partial charge is 0.398 e. The average Bonchev–Trinajstić information content (AvgIpc) is 2.76. The quantitative estimate of drug-likeness (QED) is 0.846. The van der Waals surface area contributed by atoms with Crippen molar-refractivity contribution in [3.63, 3.8) is 0 Å². The molecule has 0 saturated heterocycles. The summed E-state index contributed by atoms with van der Waals surface area (Å²) < 4.78 is 38.1. The van der Waals surface area contributed by atoms with E-state index >= 15 is 0 Å². The van der Waals surface area contributed by atoms with Crippen LogP contribution in [0.15, 0.2) is 23.6 Å². The van der Waals surface area contributed by atoms with Gasteiger partial charge in [0.05, 0.1) is 16.3 Å². The second kappa shape index (κ2) is 5.70. The number of anilines is 2. The molecule has 0 aliphatic heterocycles. The minimum absolute atomic E-state index is 0.266. The summed E-state index contributed by atoms with van der Waals surface area (Å²) in [7, 11) is 0. The maximum atomic E-state index is 12.7. The van der Waals surface area contributed by atoms with E-state index in [1.807, 2.05) is 12.3 Å². The van der Waals surface area contributed by atoms with E-state index < -0.39 is 11.7 Å². The maximum absolute atomic E-state index is 12.7. The number of alkyl halides is 3. The molecular weight excluding hydrogens is 287 g/mol. The molecule has 2 aromatic rings. The Bertz CT molecular complexity index is 593. The number of nitrogens with zero attached hydrogens (tertiary/aromatic N) is 1. The summed E-state index contributed by atoms with van der Waals surface area (Å²) in [5.41, 5.74) is 5.60. The van der Waals surface area contributed by atoms with E-state index in [9.17, 15) is 13.2 Å². The highest BCUT2D eigenvalue weighted by molar-refractivity contribution is 7.09. The second-order valence-electron chi connectivity index (χ2n) is 4.33. The average molecular weight is 301 g/mol. The lowest BCUT2D eigenvalue weighted by Gasteiger charge is -2.12. The topological polar surface area (TPSA) is 50.9 Å². The fourth-order valence-electron chi connectivity index (χ4n) is 1.77. The Morgan fingerprint density at radius 1 is 1.35 bits per heavy atom. The zero-order chi connectivity index (χ0) is 14.8. The number of halogens is 3. The summed E-state index contributed by atoms with van der Waals surface area (Å²) in [5, 5.41) is 5.88. The van der Waals surface area contributed by atoms with E-state index in [2.05, 4.69) is 10.3 Å². The molecule has 0 unspecified atom stereocenters. The van der Waals surface area contributed by atoms with Crippen molar-refractivity contribution in [2.75, 3.05) is 17.6 Å². The third-order valence-electron chi connectivity index (χ3n) is 2.74. The first kappa shape index (κ1) is 14.6. The Labute approximate surface area is 118 Å². The highest BCUT2D eigenvalue weighted by atomic mass is 32.1. The summed E-state index contributed by atoms with van der Waals surface area (Å²) in [6.07, 6.45) is -3.77. The molecule has 0 radical (unpaired) electrons. The third-order valence-corrected chi connectivity index (χ3v) is 3.56. The molecule has 0 saturated carbocycles. The molecule has 20 heavy (non-hydrogen) atoms. The standard InChI is InChI=1S/C13H14F3N3S/c1-8-19-10(7-20-8)4-5-18-9-2-3-12(17)11(6-9)13(14,15)16/h2-3,6-7,18H,4-5,17H2,1H3. The third kappa shape index (κ3) is 3.63. The van der Waals surface area contributed by atoms with Crippen LogP contribution in [-0.4, -0.2) is 11.5 Å². The molecule has 1 aromatic heterocycles. The number of nitrogen functional groups attached to an aromatic ring is 1. The van der Waals surface area contributed by atoms with Gasteiger partial charge < -0.3 is 11.1 Å².